The van der Waals surface area contributed by atoms with Crippen molar-refractivity contribution < 1.29 is 33.4 Å². The van der Waals surface area contributed by atoms with Gasteiger partial charge in [0.2, 0.25) is 11.8 Å². The van der Waals surface area contributed by atoms with Crippen LogP contribution in [0, 0.1) is 5.82 Å². The number of hydrogen-bond acceptors (Lipinski definition) is 5. The van der Waals surface area contributed by atoms with Crippen LogP contribution >= 0.6 is 0 Å². The van der Waals surface area contributed by atoms with Gasteiger partial charge in [-0.2, -0.15) is 0 Å². The normalized spacial score (nSPS) is 12.8. The second kappa shape index (κ2) is 11.5. The van der Waals surface area contributed by atoms with Crippen molar-refractivity contribution in [2.45, 2.75) is 38.8 Å². The molecule has 0 unspecified atom stereocenters. The SMILES string of the molecule is CCOC(=O)/C=C/C[C@H](NC(=O)[C@H](Cc1ccc(F)cc1)NC(C)=O)C(=O)O. The number of carbonyl (C=O) groups excluding carboxylic acids is 3. The Balaban J connectivity index is 2.81. The summed E-state index contributed by atoms with van der Waals surface area (Å²) >= 11 is 0. The number of ether oxygens (including phenoxy) is 1. The van der Waals surface area contributed by atoms with E-state index >= 15 is 0 Å². The molecule has 1 rings (SSSR count). The maximum absolute atomic E-state index is 13.0. The van der Waals surface area contributed by atoms with Crippen LogP contribution in [0.2, 0.25) is 0 Å². The summed E-state index contributed by atoms with van der Waals surface area (Å²) in [5, 5.41) is 14.1. The van der Waals surface area contributed by atoms with Crippen molar-refractivity contribution in [2.24, 2.45) is 0 Å². The van der Waals surface area contributed by atoms with Gasteiger partial charge in [0.1, 0.15) is 17.9 Å². The van der Waals surface area contributed by atoms with Crippen LogP contribution in [0.3, 0.4) is 0 Å². The number of hydrogen-bond donors (Lipinski definition) is 3. The number of halogens is 1. The monoisotopic (exact) mass is 394 g/mol. The first-order chi connectivity index (χ1) is 13.2. The molecule has 0 aliphatic rings. The van der Waals surface area contributed by atoms with Crippen LogP contribution in [-0.2, 0) is 30.3 Å². The van der Waals surface area contributed by atoms with E-state index in [0.717, 1.165) is 6.08 Å². The summed E-state index contributed by atoms with van der Waals surface area (Å²) in [6.45, 7) is 3.04. The fraction of sp³-hybridized carbons (Fsp3) is 0.368. The molecule has 0 fully saturated rings. The maximum Gasteiger partial charge on any atom is 0.330 e. The van der Waals surface area contributed by atoms with Crippen molar-refractivity contribution in [3.63, 3.8) is 0 Å². The Bertz CT molecular complexity index is 732. The van der Waals surface area contributed by atoms with Gasteiger partial charge in [-0.25, -0.2) is 14.0 Å². The van der Waals surface area contributed by atoms with Crippen molar-refractivity contribution in [2.75, 3.05) is 6.61 Å². The zero-order chi connectivity index (χ0) is 21.1. The van der Waals surface area contributed by atoms with Crippen LogP contribution in [0.4, 0.5) is 4.39 Å². The summed E-state index contributed by atoms with van der Waals surface area (Å²) in [6, 6.07) is 3.03. The van der Waals surface area contributed by atoms with Crippen LogP contribution in [0.15, 0.2) is 36.4 Å². The Hall–Kier alpha value is -3.23. The third-order valence-corrected chi connectivity index (χ3v) is 3.57. The van der Waals surface area contributed by atoms with E-state index in [0.29, 0.717) is 5.56 Å². The number of aliphatic carboxylic acids is 1. The van der Waals surface area contributed by atoms with Crippen LogP contribution in [0.25, 0.3) is 0 Å². The first kappa shape index (κ1) is 22.8. The van der Waals surface area contributed by atoms with Gasteiger partial charge < -0.3 is 20.5 Å². The fourth-order valence-corrected chi connectivity index (χ4v) is 2.30. The molecule has 28 heavy (non-hydrogen) atoms. The summed E-state index contributed by atoms with van der Waals surface area (Å²) in [6.07, 6.45) is 2.26. The Morgan fingerprint density at radius 1 is 1.14 bits per heavy atom. The molecule has 1 aromatic carbocycles. The first-order valence-corrected chi connectivity index (χ1v) is 8.61. The van der Waals surface area contributed by atoms with E-state index in [9.17, 15) is 28.7 Å². The van der Waals surface area contributed by atoms with E-state index in [1.807, 2.05) is 0 Å². The Kier molecular flexibility index (Phi) is 9.35. The molecule has 8 nitrogen and oxygen atoms in total. The average Bonchev–Trinajstić information content (AvgIpc) is 2.61. The van der Waals surface area contributed by atoms with Gasteiger partial charge in [-0.05, 0) is 31.0 Å². The first-order valence-electron chi connectivity index (χ1n) is 8.61. The predicted molar refractivity (Wildman–Crippen MR) is 97.7 cm³/mol. The molecular formula is C19H23FN2O6. The molecule has 0 saturated heterocycles. The van der Waals surface area contributed by atoms with Crippen LogP contribution < -0.4 is 10.6 Å². The van der Waals surface area contributed by atoms with Gasteiger partial charge in [0, 0.05) is 19.4 Å². The van der Waals surface area contributed by atoms with Crippen molar-refractivity contribution in [3.8, 4) is 0 Å². The molecule has 0 bridgehead atoms. The van der Waals surface area contributed by atoms with Crippen LogP contribution in [-0.4, -0.2) is 47.6 Å². The summed E-state index contributed by atoms with van der Waals surface area (Å²) in [5.74, 6) is -3.55. The molecule has 3 N–H and O–H groups in total. The largest absolute Gasteiger partial charge is 0.480 e. The van der Waals surface area contributed by atoms with Gasteiger partial charge >= 0.3 is 11.9 Å². The topological polar surface area (TPSA) is 122 Å². The van der Waals surface area contributed by atoms with E-state index < -0.39 is 41.7 Å². The van der Waals surface area contributed by atoms with Crippen LogP contribution in [0.1, 0.15) is 25.8 Å². The van der Waals surface area contributed by atoms with Gasteiger partial charge in [-0.3, -0.25) is 9.59 Å². The summed E-state index contributed by atoms with van der Waals surface area (Å²) < 4.78 is 17.7. The van der Waals surface area contributed by atoms with E-state index in [4.69, 9.17) is 0 Å². The van der Waals surface area contributed by atoms with Crippen molar-refractivity contribution in [1.82, 2.24) is 10.6 Å². The molecule has 2 amide bonds. The molecule has 0 heterocycles. The zero-order valence-electron chi connectivity index (χ0n) is 15.6. The fourth-order valence-electron chi connectivity index (χ4n) is 2.30. The number of rotatable bonds is 10. The molecule has 152 valence electrons. The van der Waals surface area contributed by atoms with E-state index in [2.05, 4.69) is 15.4 Å². The standard InChI is InChI=1S/C19H23FN2O6/c1-3-28-17(24)6-4-5-15(19(26)27)22-18(25)16(21-12(2)23)11-13-7-9-14(20)10-8-13/h4,6-10,15-16H,3,5,11H2,1-2H3,(H,21,23)(H,22,25)(H,26,27)/b6-4+/t15-,16-/m0/s1. The summed E-state index contributed by atoms with van der Waals surface area (Å²) in [7, 11) is 0. The number of amides is 2. The Labute approximate surface area is 161 Å². The van der Waals surface area contributed by atoms with E-state index in [-0.39, 0.29) is 19.4 Å². The highest BCUT2D eigenvalue weighted by molar-refractivity contribution is 5.90. The van der Waals surface area contributed by atoms with Crippen molar-refractivity contribution in [1.29, 1.82) is 0 Å². The lowest BCUT2D eigenvalue weighted by Gasteiger charge is -2.20. The molecule has 1 aromatic rings. The number of esters is 1. The number of carboxylic acid groups (broad SMARTS) is 1. The molecular weight excluding hydrogens is 371 g/mol. The van der Waals surface area contributed by atoms with E-state index in [1.165, 1.54) is 37.3 Å². The molecule has 0 aromatic heterocycles. The van der Waals surface area contributed by atoms with Gasteiger partial charge in [-0.15, -0.1) is 0 Å². The lowest BCUT2D eigenvalue weighted by Crippen LogP contribution is -2.52. The quantitative estimate of drug-likeness (QED) is 0.401. The Morgan fingerprint density at radius 3 is 2.32 bits per heavy atom. The lowest BCUT2D eigenvalue weighted by atomic mass is 10.0. The second-order valence-electron chi connectivity index (χ2n) is 5.87. The smallest absolute Gasteiger partial charge is 0.330 e. The molecule has 0 aliphatic heterocycles. The van der Waals surface area contributed by atoms with Gasteiger partial charge in [0.25, 0.3) is 0 Å². The van der Waals surface area contributed by atoms with Crippen molar-refractivity contribution in [3.05, 3.63) is 47.8 Å². The average molecular weight is 394 g/mol. The minimum Gasteiger partial charge on any atom is -0.480 e. The number of benzene rings is 1. The number of carbonyl (C=O) groups is 4. The third-order valence-electron chi connectivity index (χ3n) is 3.57. The van der Waals surface area contributed by atoms with Gasteiger partial charge in [-0.1, -0.05) is 18.2 Å². The molecule has 0 aliphatic carbocycles. The predicted octanol–water partition coefficient (Wildman–Crippen LogP) is 0.952. The molecule has 0 spiro atoms. The van der Waals surface area contributed by atoms with Gasteiger partial charge in [0.15, 0.2) is 0 Å². The number of carboxylic acids is 1. The number of nitrogens with one attached hydrogen (secondary N) is 2. The minimum absolute atomic E-state index is 0.0523. The van der Waals surface area contributed by atoms with Gasteiger partial charge in [0.05, 0.1) is 6.61 Å². The molecule has 9 heteroatoms. The third kappa shape index (κ3) is 8.43. The lowest BCUT2D eigenvalue weighted by molar-refractivity contribution is -0.142. The highest BCUT2D eigenvalue weighted by Crippen LogP contribution is 2.07. The Morgan fingerprint density at radius 2 is 1.79 bits per heavy atom. The highest BCUT2D eigenvalue weighted by Gasteiger charge is 2.25. The highest BCUT2D eigenvalue weighted by atomic mass is 19.1. The summed E-state index contributed by atoms with van der Waals surface area (Å²) in [5.41, 5.74) is 0.587. The van der Waals surface area contributed by atoms with Crippen molar-refractivity contribution >= 4 is 23.8 Å². The summed E-state index contributed by atoms with van der Waals surface area (Å²) in [4.78, 5) is 46.5. The molecule has 0 radical (unpaired) electrons. The maximum atomic E-state index is 13.0. The van der Waals surface area contributed by atoms with E-state index in [1.54, 1.807) is 6.92 Å². The second-order valence-corrected chi connectivity index (χ2v) is 5.87. The minimum atomic E-state index is -1.30. The zero-order valence-corrected chi connectivity index (χ0v) is 15.6. The van der Waals surface area contributed by atoms with Crippen LogP contribution in [0.5, 0.6) is 0 Å². The molecule has 2 atom stereocenters. The molecule has 0 saturated carbocycles.